The molecule has 1 aromatic carbocycles. The normalized spacial score (nSPS) is 23.5. The zero-order valence-electron chi connectivity index (χ0n) is 11.2. The number of hydrogen-bond acceptors (Lipinski definition) is 4. The number of anilines is 2. The standard InChI is InChI=1S/C14H21N3O2/c1-10-5-6-17(13(10)9-18)8-14(19)16-12-4-2-3-11(15)7-12/h2-4,7,10,13,18H,5-6,8-9,15H2,1H3,(H,16,19). The molecule has 4 N–H and O–H groups in total. The summed E-state index contributed by atoms with van der Waals surface area (Å²) in [7, 11) is 0. The zero-order valence-corrected chi connectivity index (χ0v) is 11.2. The van der Waals surface area contributed by atoms with E-state index in [2.05, 4.69) is 12.2 Å². The Labute approximate surface area is 113 Å². The van der Waals surface area contributed by atoms with Crippen LogP contribution in [0.4, 0.5) is 11.4 Å². The Morgan fingerprint density at radius 3 is 3.05 bits per heavy atom. The molecule has 5 heteroatoms. The SMILES string of the molecule is CC1CCN(CC(=O)Nc2cccc(N)c2)C1CO. The van der Waals surface area contributed by atoms with Gasteiger partial charge in [0.25, 0.3) is 0 Å². The fraction of sp³-hybridized carbons (Fsp3) is 0.500. The molecule has 1 heterocycles. The van der Waals surface area contributed by atoms with Crippen LogP contribution < -0.4 is 11.1 Å². The molecule has 104 valence electrons. The first-order chi connectivity index (χ1) is 9.10. The van der Waals surface area contributed by atoms with Gasteiger partial charge < -0.3 is 16.2 Å². The number of nitrogens with two attached hydrogens (primary N) is 1. The van der Waals surface area contributed by atoms with Gasteiger partial charge in [-0.1, -0.05) is 13.0 Å². The molecular weight excluding hydrogens is 242 g/mol. The molecule has 1 aromatic rings. The summed E-state index contributed by atoms with van der Waals surface area (Å²) in [6, 6.07) is 7.21. The van der Waals surface area contributed by atoms with Crippen molar-refractivity contribution in [2.24, 2.45) is 5.92 Å². The second-order valence-electron chi connectivity index (χ2n) is 5.16. The van der Waals surface area contributed by atoms with E-state index >= 15 is 0 Å². The number of rotatable bonds is 4. The quantitative estimate of drug-likeness (QED) is 0.706. The summed E-state index contributed by atoms with van der Waals surface area (Å²) in [6.45, 7) is 3.38. The van der Waals surface area contributed by atoms with Crippen molar-refractivity contribution < 1.29 is 9.90 Å². The first-order valence-corrected chi connectivity index (χ1v) is 6.60. The summed E-state index contributed by atoms with van der Waals surface area (Å²) >= 11 is 0. The minimum Gasteiger partial charge on any atom is -0.399 e. The van der Waals surface area contributed by atoms with Crippen LogP contribution in [0.1, 0.15) is 13.3 Å². The maximum absolute atomic E-state index is 12.0. The van der Waals surface area contributed by atoms with Gasteiger partial charge in [0.1, 0.15) is 0 Å². The average molecular weight is 263 g/mol. The maximum Gasteiger partial charge on any atom is 0.238 e. The lowest BCUT2D eigenvalue weighted by atomic mass is 10.0. The smallest absolute Gasteiger partial charge is 0.238 e. The molecule has 19 heavy (non-hydrogen) atoms. The van der Waals surface area contributed by atoms with Crippen LogP contribution in [-0.4, -0.2) is 41.7 Å². The van der Waals surface area contributed by atoms with Gasteiger partial charge in [-0.25, -0.2) is 0 Å². The van der Waals surface area contributed by atoms with Gasteiger partial charge in [0, 0.05) is 17.4 Å². The molecule has 1 saturated heterocycles. The van der Waals surface area contributed by atoms with Crippen molar-refractivity contribution in [3.05, 3.63) is 24.3 Å². The Morgan fingerprint density at radius 2 is 2.37 bits per heavy atom. The highest BCUT2D eigenvalue weighted by molar-refractivity contribution is 5.92. The molecule has 2 atom stereocenters. The van der Waals surface area contributed by atoms with E-state index in [9.17, 15) is 9.90 Å². The summed E-state index contributed by atoms with van der Waals surface area (Å²) in [4.78, 5) is 14.0. The summed E-state index contributed by atoms with van der Waals surface area (Å²) in [5.41, 5.74) is 7.00. The number of carbonyl (C=O) groups excluding carboxylic acids is 1. The Balaban J connectivity index is 1.91. The third-order valence-corrected chi connectivity index (χ3v) is 3.70. The number of nitrogen functional groups attached to an aromatic ring is 1. The summed E-state index contributed by atoms with van der Waals surface area (Å²) in [6.07, 6.45) is 1.02. The minimum absolute atomic E-state index is 0.0712. The molecule has 2 rings (SSSR count). The van der Waals surface area contributed by atoms with Gasteiger partial charge in [-0.2, -0.15) is 0 Å². The average Bonchev–Trinajstić information content (AvgIpc) is 2.69. The van der Waals surface area contributed by atoms with E-state index in [0.717, 1.165) is 13.0 Å². The Hall–Kier alpha value is -1.59. The van der Waals surface area contributed by atoms with Gasteiger partial charge in [0.05, 0.1) is 13.2 Å². The molecule has 0 saturated carbocycles. The molecule has 5 nitrogen and oxygen atoms in total. The lowest BCUT2D eigenvalue weighted by Gasteiger charge is -2.24. The molecule has 1 aliphatic heterocycles. The topological polar surface area (TPSA) is 78.6 Å². The number of aliphatic hydroxyl groups is 1. The molecule has 0 bridgehead atoms. The van der Waals surface area contributed by atoms with Crippen LogP contribution in [0, 0.1) is 5.92 Å². The number of nitrogens with zero attached hydrogens (tertiary/aromatic N) is 1. The third-order valence-electron chi connectivity index (χ3n) is 3.70. The van der Waals surface area contributed by atoms with Crippen LogP contribution in [-0.2, 0) is 4.79 Å². The predicted molar refractivity (Wildman–Crippen MR) is 75.7 cm³/mol. The van der Waals surface area contributed by atoms with Crippen molar-refractivity contribution in [1.82, 2.24) is 4.90 Å². The van der Waals surface area contributed by atoms with Crippen LogP contribution in [0.2, 0.25) is 0 Å². The highest BCUT2D eigenvalue weighted by atomic mass is 16.3. The van der Waals surface area contributed by atoms with Crippen LogP contribution in [0.25, 0.3) is 0 Å². The lowest BCUT2D eigenvalue weighted by molar-refractivity contribution is -0.117. The molecule has 1 aliphatic rings. The van der Waals surface area contributed by atoms with Gasteiger partial charge >= 0.3 is 0 Å². The van der Waals surface area contributed by atoms with Crippen molar-refractivity contribution >= 4 is 17.3 Å². The highest BCUT2D eigenvalue weighted by Crippen LogP contribution is 2.23. The van der Waals surface area contributed by atoms with E-state index in [1.54, 1.807) is 18.2 Å². The lowest BCUT2D eigenvalue weighted by Crippen LogP contribution is -2.40. The van der Waals surface area contributed by atoms with Gasteiger partial charge in [-0.3, -0.25) is 9.69 Å². The maximum atomic E-state index is 12.0. The first-order valence-electron chi connectivity index (χ1n) is 6.60. The second-order valence-corrected chi connectivity index (χ2v) is 5.16. The second kappa shape index (κ2) is 6.04. The number of hydrogen-bond donors (Lipinski definition) is 3. The zero-order chi connectivity index (χ0) is 13.8. The number of aliphatic hydroxyl groups excluding tert-OH is 1. The molecule has 0 spiro atoms. The molecule has 1 fully saturated rings. The monoisotopic (exact) mass is 263 g/mol. The molecule has 0 radical (unpaired) electrons. The van der Waals surface area contributed by atoms with Crippen LogP contribution >= 0.6 is 0 Å². The van der Waals surface area contributed by atoms with Crippen molar-refractivity contribution in [2.75, 3.05) is 30.7 Å². The van der Waals surface area contributed by atoms with Crippen LogP contribution in [0.5, 0.6) is 0 Å². The highest BCUT2D eigenvalue weighted by Gasteiger charge is 2.31. The summed E-state index contributed by atoms with van der Waals surface area (Å²) in [5.74, 6) is 0.364. The van der Waals surface area contributed by atoms with E-state index in [1.807, 2.05) is 11.0 Å². The number of carbonyl (C=O) groups is 1. The predicted octanol–water partition coefficient (Wildman–Crippen LogP) is 0.910. The largest absolute Gasteiger partial charge is 0.399 e. The number of benzene rings is 1. The van der Waals surface area contributed by atoms with E-state index in [0.29, 0.717) is 23.8 Å². The molecule has 1 amide bonds. The van der Waals surface area contributed by atoms with Gasteiger partial charge in [0.15, 0.2) is 0 Å². The minimum atomic E-state index is -0.0712. The Bertz CT molecular complexity index is 450. The van der Waals surface area contributed by atoms with Crippen LogP contribution in [0.15, 0.2) is 24.3 Å². The van der Waals surface area contributed by atoms with Crippen molar-refractivity contribution in [2.45, 2.75) is 19.4 Å². The summed E-state index contributed by atoms with van der Waals surface area (Å²) < 4.78 is 0. The van der Waals surface area contributed by atoms with Gasteiger partial charge in [0.2, 0.25) is 5.91 Å². The number of likely N-dealkylation sites (tertiary alicyclic amines) is 1. The number of amides is 1. The van der Waals surface area contributed by atoms with Crippen molar-refractivity contribution in [1.29, 1.82) is 0 Å². The van der Waals surface area contributed by atoms with E-state index in [4.69, 9.17) is 5.73 Å². The summed E-state index contributed by atoms with van der Waals surface area (Å²) in [5, 5.41) is 12.2. The van der Waals surface area contributed by atoms with E-state index in [1.165, 1.54) is 0 Å². The van der Waals surface area contributed by atoms with Crippen molar-refractivity contribution in [3.63, 3.8) is 0 Å². The molecule has 2 unspecified atom stereocenters. The third kappa shape index (κ3) is 3.45. The Kier molecular flexibility index (Phi) is 4.39. The fourth-order valence-electron chi connectivity index (χ4n) is 2.58. The van der Waals surface area contributed by atoms with Crippen molar-refractivity contribution in [3.8, 4) is 0 Å². The first kappa shape index (κ1) is 13.8. The molecule has 0 aromatic heterocycles. The van der Waals surface area contributed by atoms with E-state index in [-0.39, 0.29) is 18.6 Å². The fourth-order valence-corrected chi connectivity index (χ4v) is 2.58. The van der Waals surface area contributed by atoms with Gasteiger partial charge in [-0.05, 0) is 37.1 Å². The van der Waals surface area contributed by atoms with Gasteiger partial charge in [-0.15, -0.1) is 0 Å². The molecular formula is C14H21N3O2. The molecule has 0 aliphatic carbocycles. The Morgan fingerprint density at radius 1 is 1.58 bits per heavy atom. The number of nitrogens with one attached hydrogen (secondary N) is 1. The van der Waals surface area contributed by atoms with Crippen LogP contribution in [0.3, 0.4) is 0 Å². The van der Waals surface area contributed by atoms with E-state index < -0.39 is 0 Å².